The van der Waals surface area contributed by atoms with E-state index in [1.54, 1.807) is 0 Å². The topological polar surface area (TPSA) is 46.6 Å². The van der Waals surface area contributed by atoms with Crippen molar-refractivity contribution in [2.75, 3.05) is 20.2 Å². The van der Waals surface area contributed by atoms with Crippen LogP contribution < -0.4 is 0 Å². The maximum Gasteiger partial charge on any atom is 0.309 e. The predicted octanol–water partition coefficient (Wildman–Crippen LogP) is 2.52. The van der Waals surface area contributed by atoms with Crippen LogP contribution in [0.15, 0.2) is 12.1 Å². The van der Waals surface area contributed by atoms with E-state index in [4.69, 9.17) is 4.74 Å². The average Bonchev–Trinajstić information content (AvgIpc) is 3.25. The largest absolute Gasteiger partial charge is 0.469 e. The molecule has 0 radical (unpaired) electrons. The van der Waals surface area contributed by atoms with Gasteiger partial charge in [0.15, 0.2) is 17.5 Å². The number of amides is 1. The number of carbonyl (C=O) groups is 2. The highest BCUT2D eigenvalue weighted by Gasteiger charge is 2.59. The van der Waals surface area contributed by atoms with Crippen molar-refractivity contribution in [3.63, 3.8) is 0 Å². The summed E-state index contributed by atoms with van der Waals surface area (Å²) >= 11 is 0. The maximum absolute atomic E-state index is 13.7. The molecule has 1 heterocycles. The Morgan fingerprint density at radius 1 is 1.17 bits per heavy atom. The lowest BCUT2D eigenvalue weighted by Crippen LogP contribution is -2.40. The average molecular weight is 327 g/mol. The number of benzene rings is 1. The molecule has 0 aromatic heterocycles. The van der Waals surface area contributed by atoms with Crippen LogP contribution in [0.25, 0.3) is 0 Å². The highest BCUT2D eigenvalue weighted by atomic mass is 19.2. The third-order valence-electron chi connectivity index (χ3n) is 4.99. The van der Waals surface area contributed by atoms with Crippen molar-refractivity contribution in [3.8, 4) is 0 Å². The van der Waals surface area contributed by atoms with E-state index in [0.29, 0.717) is 25.9 Å². The number of rotatable bonds is 2. The summed E-state index contributed by atoms with van der Waals surface area (Å²) in [6.45, 7) is 0.704. The molecule has 1 aliphatic carbocycles. The first kappa shape index (κ1) is 15.8. The number of hydrogen-bond donors (Lipinski definition) is 0. The van der Waals surface area contributed by atoms with Crippen LogP contribution in [-0.4, -0.2) is 37.0 Å². The fourth-order valence-electron chi connectivity index (χ4n) is 3.39. The van der Waals surface area contributed by atoms with Gasteiger partial charge in [-0.2, -0.15) is 0 Å². The van der Waals surface area contributed by atoms with Crippen molar-refractivity contribution < 1.29 is 27.5 Å². The Balaban J connectivity index is 1.68. The molecule has 4 nitrogen and oxygen atoms in total. The number of esters is 1. The number of hydrogen-bond acceptors (Lipinski definition) is 3. The van der Waals surface area contributed by atoms with E-state index in [2.05, 4.69) is 0 Å². The first-order valence-electron chi connectivity index (χ1n) is 7.40. The van der Waals surface area contributed by atoms with E-state index in [1.807, 2.05) is 0 Å². The van der Waals surface area contributed by atoms with Crippen LogP contribution in [0.4, 0.5) is 13.2 Å². The summed E-state index contributed by atoms with van der Waals surface area (Å²) in [5.74, 6) is -5.46. The fourth-order valence-corrected chi connectivity index (χ4v) is 3.39. The smallest absolute Gasteiger partial charge is 0.309 e. The number of likely N-dealkylation sites (tertiary alicyclic amines) is 1. The minimum Gasteiger partial charge on any atom is -0.469 e. The van der Waals surface area contributed by atoms with Gasteiger partial charge in [0.25, 0.3) is 5.91 Å². The molecule has 0 unspecified atom stereocenters. The summed E-state index contributed by atoms with van der Waals surface area (Å²) in [7, 11) is 1.35. The molecule has 23 heavy (non-hydrogen) atoms. The van der Waals surface area contributed by atoms with Crippen LogP contribution in [0.3, 0.4) is 0 Å². The molecule has 1 amide bonds. The molecule has 1 aromatic rings. The number of halogens is 3. The molecule has 3 rings (SSSR count). The van der Waals surface area contributed by atoms with Gasteiger partial charge in [0.2, 0.25) is 0 Å². The molecule has 1 saturated heterocycles. The van der Waals surface area contributed by atoms with Crippen molar-refractivity contribution in [1.82, 2.24) is 4.90 Å². The summed E-state index contributed by atoms with van der Waals surface area (Å²) in [6, 6.07) is 1.69. The third kappa shape index (κ3) is 2.58. The molecule has 7 heteroatoms. The standard InChI is InChI=1S/C16H16F3NO3/c1-23-15(22)10-8-16(10)4-6-20(7-5-16)14(21)9-2-3-11(17)13(19)12(9)18/h2-3,10H,4-8H2,1H3/t10-/m1/s1. The molecule has 1 saturated carbocycles. The van der Waals surface area contributed by atoms with E-state index < -0.39 is 28.9 Å². The number of piperidine rings is 1. The Labute approximate surface area is 131 Å². The van der Waals surface area contributed by atoms with Crippen molar-refractivity contribution in [2.24, 2.45) is 11.3 Å². The molecular weight excluding hydrogens is 311 g/mol. The second kappa shape index (κ2) is 5.54. The van der Waals surface area contributed by atoms with Gasteiger partial charge in [0, 0.05) is 13.1 Å². The Bertz CT molecular complexity index is 669. The van der Waals surface area contributed by atoms with Crippen molar-refractivity contribution >= 4 is 11.9 Å². The van der Waals surface area contributed by atoms with Crippen LogP contribution in [0.5, 0.6) is 0 Å². The summed E-state index contributed by atoms with van der Waals surface area (Å²) in [5, 5.41) is 0. The van der Waals surface area contributed by atoms with Gasteiger partial charge in [-0.1, -0.05) is 0 Å². The van der Waals surface area contributed by atoms with Crippen LogP contribution in [0, 0.1) is 28.8 Å². The predicted molar refractivity (Wildman–Crippen MR) is 74.0 cm³/mol. The molecular formula is C16H16F3NO3. The van der Waals surface area contributed by atoms with E-state index in [-0.39, 0.29) is 17.3 Å². The van der Waals surface area contributed by atoms with Gasteiger partial charge in [-0.3, -0.25) is 9.59 Å². The third-order valence-corrected chi connectivity index (χ3v) is 4.99. The molecule has 0 bridgehead atoms. The van der Waals surface area contributed by atoms with Crippen molar-refractivity contribution in [2.45, 2.75) is 19.3 Å². The fraction of sp³-hybridized carbons (Fsp3) is 0.500. The van der Waals surface area contributed by atoms with Gasteiger partial charge in [0.1, 0.15) is 0 Å². The summed E-state index contributed by atoms with van der Waals surface area (Å²) in [4.78, 5) is 25.3. The van der Waals surface area contributed by atoms with Gasteiger partial charge in [-0.25, -0.2) is 13.2 Å². The summed E-state index contributed by atoms with van der Waals surface area (Å²) in [6.07, 6.45) is 1.97. The lowest BCUT2D eigenvalue weighted by Gasteiger charge is -2.32. The Morgan fingerprint density at radius 3 is 2.43 bits per heavy atom. The summed E-state index contributed by atoms with van der Waals surface area (Å²) in [5.41, 5.74) is -0.601. The second-order valence-corrected chi connectivity index (χ2v) is 6.16. The monoisotopic (exact) mass is 327 g/mol. The SMILES string of the molecule is COC(=O)[C@H]1CC12CCN(C(=O)c1ccc(F)c(F)c1F)CC2. The zero-order chi connectivity index (χ0) is 16.8. The number of nitrogens with zero attached hydrogens (tertiary/aromatic N) is 1. The molecule has 124 valence electrons. The lowest BCUT2D eigenvalue weighted by atomic mass is 9.90. The Kier molecular flexibility index (Phi) is 3.82. The van der Waals surface area contributed by atoms with Crippen molar-refractivity contribution in [1.29, 1.82) is 0 Å². The Morgan fingerprint density at radius 2 is 1.83 bits per heavy atom. The van der Waals surface area contributed by atoms with Crippen LogP contribution in [0.1, 0.15) is 29.6 Å². The summed E-state index contributed by atoms with van der Waals surface area (Å²) < 4.78 is 44.7. The molecule has 2 fully saturated rings. The zero-order valence-electron chi connectivity index (χ0n) is 12.6. The molecule has 1 spiro atoms. The van der Waals surface area contributed by atoms with Crippen LogP contribution in [-0.2, 0) is 9.53 Å². The molecule has 1 atom stereocenters. The highest BCUT2D eigenvalue weighted by Crippen LogP contribution is 2.59. The van der Waals surface area contributed by atoms with Gasteiger partial charge >= 0.3 is 5.97 Å². The molecule has 2 aliphatic rings. The van der Waals surface area contributed by atoms with Gasteiger partial charge in [0.05, 0.1) is 18.6 Å². The van der Waals surface area contributed by atoms with E-state index >= 15 is 0 Å². The number of methoxy groups -OCH3 is 1. The quantitative estimate of drug-likeness (QED) is 0.619. The van der Waals surface area contributed by atoms with Gasteiger partial charge in [-0.15, -0.1) is 0 Å². The molecule has 1 aromatic carbocycles. The highest BCUT2D eigenvalue weighted by molar-refractivity contribution is 5.94. The lowest BCUT2D eigenvalue weighted by molar-refractivity contribution is -0.143. The minimum atomic E-state index is -1.64. The van der Waals surface area contributed by atoms with Crippen molar-refractivity contribution in [3.05, 3.63) is 35.1 Å². The first-order valence-corrected chi connectivity index (χ1v) is 7.40. The van der Waals surface area contributed by atoms with Crippen LogP contribution >= 0.6 is 0 Å². The number of carbonyl (C=O) groups excluding carboxylic acids is 2. The normalized spacial score (nSPS) is 22.1. The number of ether oxygens (including phenoxy) is 1. The molecule has 1 aliphatic heterocycles. The Hall–Kier alpha value is -2.05. The second-order valence-electron chi connectivity index (χ2n) is 6.16. The van der Waals surface area contributed by atoms with Crippen LogP contribution in [0.2, 0.25) is 0 Å². The minimum absolute atomic E-state index is 0.129. The van der Waals surface area contributed by atoms with E-state index in [9.17, 15) is 22.8 Å². The first-order chi connectivity index (χ1) is 10.9. The van der Waals surface area contributed by atoms with E-state index in [1.165, 1.54) is 12.0 Å². The van der Waals surface area contributed by atoms with Gasteiger partial charge < -0.3 is 9.64 Å². The van der Waals surface area contributed by atoms with E-state index in [0.717, 1.165) is 18.6 Å². The van der Waals surface area contributed by atoms with Gasteiger partial charge in [-0.05, 0) is 36.8 Å². The zero-order valence-corrected chi connectivity index (χ0v) is 12.6. The maximum atomic E-state index is 13.7. The molecule has 0 N–H and O–H groups in total.